The van der Waals surface area contributed by atoms with E-state index in [0.29, 0.717) is 36.7 Å². The maximum atomic E-state index is 11.8. The van der Waals surface area contributed by atoms with E-state index in [-0.39, 0.29) is 11.6 Å². The summed E-state index contributed by atoms with van der Waals surface area (Å²) in [5.41, 5.74) is 9.27. The van der Waals surface area contributed by atoms with Crippen LogP contribution in [-0.4, -0.2) is 53.1 Å². The number of nitrogens with two attached hydrogens (primary N) is 1. The van der Waals surface area contributed by atoms with Gasteiger partial charge in [0, 0.05) is 57.1 Å². The monoisotopic (exact) mass is 470 g/mol. The smallest absolute Gasteiger partial charge is 0.271 e. The fraction of sp³-hybridized carbons (Fsp3) is 0.240. The number of hydrogen-bond donors (Lipinski definition) is 3. The lowest BCUT2D eigenvalue weighted by Gasteiger charge is -2.35. The van der Waals surface area contributed by atoms with E-state index in [1.807, 2.05) is 35.2 Å². The second-order valence-electron chi connectivity index (χ2n) is 8.19. The summed E-state index contributed by atoms with van der Waals surface area (Å²) in [7, 11) is 0. The van der Waals surface area contributed by atoms with Crippen molar-refractivity contribution in [2.75, 3.05) is 41.7 Å². The van der Waals surface area contributed by atoms with Crippen molar-refractivity contribution >= 4 is 34.7 Å². The number of aromatic nitrogens is 2. The summed E-state index contributed by atoms with van der Waals surface area (Å²) in [4.78, 5) is 27.5. The highest BCUT2D eigenvalue weighted by atomic mass is 16.2. The van der Waals surface area contributed by atoms with Gasteiger partial charge in [-0.25, -0.2) is 0 Å². The predicted octanol–water partition coefficient (Wildman–Crippen LogP) is 2.47. The van der Waals surface area contributed by atoms with Gasteiger partial charge in [-0.1, -0.05) is 12.1 Å². The topological polar surface area (TPSA) is 140 Å². The zero-order valence-electron chi connectivity index (χ0n) is 19.4. The molecule has 4 rings (SSSR count). The van der Waals surface area contributed by atoms with E-state index in [4.69, 9.17) is 11.0 Å². The van der Waals surface area contributed by atoms with E-state index in [1.165, 1.54) is 0 Å². The van der Waals surface area contributed by atoms with Crippen molar-refractivity contribution < 1.29 is 9.59 Å². The van der Waals surface area contributed by atoms with Crippen LogP contribution in [0.2, 0.25) is 0 Å². The van der Waals surface area contributed by atoms with Gasteiger partial charge in [0.25, 0.3) is 5.91 Å². The molecular weight excluding hydrogens is 444 g/mol. The second-order valence-corrected chi connectivity index (χ2v) is 8.19. The lowest BCUT2D eigenvalue weighted by atomic mass is 10.1. The maximum Gasteiger partial charge on any atom is 0.271 e. The molecule has 0 bridgehead atoms. The van der Waals surface area contributed by atoms with Crippen LogP contribution < -0.4 is 21.3 Å². The zero-order chi connectivity index (χ0) is 24.8. The highest BCUT2D eigenvalue weighted by molar-refractivity contribution is 5.96. The van der Waals surface area contributed by atoms with Crippen LogP contribution in [0.5, 0.6) is 0 Å². The van der Waals surface area contributed by atoms with Crippen LogP contribution in [0.15, 0.2) is 54.6 Å². The molecule has 1 fully saturated rings. The Kier molecular flexibility index (Phi) is 7.07. The van der Waals surface area contributed by atoms with Gasteiger partial charge in [0.1, 0.15) is 0 Å². The molecule has 1 saturated heterocycles. The van der Waals surface area contributed by atoms with Crippen molar-refractivity contribution in [3.8, 4) is 6.07 Å². The van der Waals surface area contributed by atoms with E-state index in [2.05, 4.69) is 31.8 Å². The molecule has 0 spiro atoms. The minimum Gasteiger partial charge on any atom is -0.379 e. The Morgan fingerprint density at radius 3 is 2.46 bits per heavy atom. The highest BCUT2D eigenvalue weighted by Crippen LogP contribution is 2.24. The normalized spacial score (nSPS) is 13.1. The lowest BCUT2D eigenvalue weighted by Crippen LogP contribution is -2.48. The summed E-state index contributed by atoms with van der Waals surface area (Å²) in [6, 6.07) is 18.9. The first-order chi connectivity index (χ1) is 16.9. The van der Waals surface area contributed by atoms with Crippen LogP contribution in [0.25, 0.3) is 0 Å². The molecule has 2 amide bonds. The summed E-state index contributed by atoms with van der Waals surface area (Å²) < 4.78 is 0. The first-order valence-corrected chi connectivity index (χ1v) is 11.2. The third kappa shape index (κ3) is 5.83. The van der Waals surface area contributed by atoms with Gasteiger partial charge in [0.2, 0.25) is 5.91 Å². The van der Waals surface area contributed by atoms with Crippen LogP contribution in [0, 0.1) is 11.3 Å². The number of nitrogens with one attached hydrogen (secondary N) is 2. The molecule has 10 heteroatoms. The predicted molar refractivity (Wildman–Crippen MR) is 133 cm³/mol. The molecule has 35 heavy (non-hydrogen) atoms. The number of hydrogen-bond acceptors (Lipinski definition) is 8. The van der Waals surface area contributed by atoms with Gasteiger partial charge in [-0.2, -0.15) is 5.26 Å². The number of carbonyl (C=O) groups is 2. The van der Waals surface area contributed by atoms with Crippen LogP contribution in [0.1, 0.15) is 28.5 Å². The third-order valence-electron chi connectivity index (χ3n) is 5.80. The molecule has 4 N–H and O–H groups in total. The van der Waals surface area contributed by atoms with Crippen LogP contribution in [0.3, 0.4) is 0 Å². The number of anilines is 4. The molecule has 0 unspecified atom stereocenters. The Balaban J connectivity index is 1.44. The number of nitriles is 1. The van der Waals surface area contributed by atoms with Crippen LogP contribution in [-0.2, 0) is 11.3 Å². The Labute approximate surface area is 203 Å². The average molecular weight is 471 g/mol. The van der Waals surface area contributed by atoms with Crippen LogP contribution >= 0.6 is 0 Å². The number of rotatable bonds is 7. The standard InChI is InChI=1S/C25H26N8O2/c1-17(34)32-9-11-33(12-10-32)21-7-5-20(6-8-21)29-23-14-22(24(25(27)35)31-30-23)28-16-19-4-2-3-18(13-19)15-26/h2-8,13-14H,9-12,16H2,1H3,(H2,27,35)(H2,28,29,30). The van der Waals surface area contributed by atoms with Crippen molar-refractivity contribution in [3.63, 3.8) is 0 Å². The Morgan fingerprint density at radius 2 is 1.80 bits per heavy atom. The maximum absolute atomic E-state index is 11.8. The number of piperazine rings is 1. The van der Waals surface area contributed by atoms with E-state index in [9.17, 15) is 9.59 Å². The molecular formula is C25H26N8O2. The van der Waals surface area contributed by atoms with Gasteiger partial charge < -0.3 is 26.2 Å². The van der Waals surface area contributed by atoms with E-state index < -0.39 is 5.91 Å². The summed E-state index contributed by atoms with van der Waals surface area (Å²) in [6.07, 6.45) is 0. The van der Waals surface area contributed by atoms with Gasteiger partial charge in [-0.15, -0.1) is 10.2 Å². The number of benzene rings is 2. The Hall–Kier alpha value is -4.65. The molecule has 1 aliphatic rings. The minimum absolute atomic E-state index is 0.0343. The number of carbonyl (C=O) groups excluding carboxylic acids is 2. The number of nitrogens with zero attached hydrogens (tertiary/aromatic N) is 5. The fourth-order valence-corrected chi connectivity index (χ4v) is 3.90. The van der Waals surface area contributed by atoms with Gasteiger partial charge >= 0.3 is 0 Å². The summed E-state index contributed by atoms with van der Waals surface area (Å²) >= 11 is 0. The molecule has 0 radical (unpaired) electrons. The molecule has 3 aromatic rings. The lowest BCUT2D eigenvalue weighted by molar-refractivity contribution is -0.129. The molecule has 0 atom stereocenters. The Morgan fingerprint density at radius 1 is 1.06 bits per heavy atom. The molecule has 1 aliphatic heterocycles. The minimum atomic E-state index is -0.688. The SMILES string of the molecule is CC(=O)N1CCN(c2ccc(Nc3cc(NCc4cccc(C#N)c4)c(C(N)=O)nn3)cc2)CC1. The summed E-state index contributed by atoms with van der Waals surface area (Å²) in [5, 5.41) is 23.5. The fourth-order valence-electron chi connectivity index (χ4n) is 3.90. The largest absolute Gasteiger partial charge is 0.379 e. The van der Waals surface area contributed by atoms with Crippen molar-refractivity contribution in [1.29, 1.82) is 5.26 Å². The molecule has 10 nitrogen and oxygen atoms in total. The molecule has 2 aromatic carbocycles. The molecule has 0 aliphatic carbocycles. The van der Waals surface area contributed by atoms with Gasteiger partial charge in [0.05, 0.1) is 17.3 Å². The molecule has 0 saturated carbocycles. The average Bonchev–Trinajstić information content (AvgIpc) is 2.88. The quantitative estimate of drug-likeness (QED) is 0.478. The second kappa shape index (κ2) is 10.5. The molecule has 178 valence electrons. The first-order valence-electron chi connectivity index (χ1n) is 11.2. The van der Waals surface area contributed by atoms with Crippen LogP contribution in [0.4, 0.5) is 22.9 Å². The highest BCUT2D eigenvalue weighted by Gasteiger charge is 2.19. The van der Waals surface area contributed by atoms with Gasteiger partial charge in [-0.3, -0.25) is 9.59 Å². The van der Waals surface area contributed by atoms with Gasteiger partial charge in [0.15, 0.2) is 11.5 Å². The number of primary amides is 1. The summed E-state index contributed by atoms with van der Waals surface area (Å²) in [6.45, 7) is 4.99. The van der Waals surface area contributed by atoms with Crippen molar-refractivity contribution in [3.05, 3.63) is 71.4 Å². The molecule has 1 aromatic heterocycles. The Bertz CT molecular complexity index is 1260. The number of amides is 2. The van der Waals surface area contributed by atoms with Crippen molar-refractivity contribution in [1.82, 2.24) is 15.1 Å². The van der Waals surface area contributed by atoms with E-state index in [0.717, 1.165) is 30.0 Å². The first kappa shape index (κ1) is 23.5. The molecule has 2 heterocycles. The van der Waals surface area contributed by atoms with Gasteiger partial charge in [-0.05, 0) is 42.0 Å². The zero-order valence-corrected chi connectivity index (χ0v) is 19.4. The van der Waals surface area contributed by atoms with E-state index in [1.54, 1.807) is 31.2 Å². The van der Waals surface area contributed by atoms with Crippen molar-refractivity contribution in [2.45, 2.75) is 13.5 Å². The summed E-state index contributed by atoms with van der Waals surface area (Å²) in [5.74, 6) is -0.130. The third-order valence-corrected chi connectivity index (χ3v) is 5.80. The van der Waals surface area contributed by atoms with Crippen molar-refractivity contribution in [2.24, 2.45) is 5.73 Å². The van der Waals surface area contributed by atoms with E-state index >= 15 is 0 Å².